The number of nitrogens with one attached hydrogen (secondary N) is 2. The van der Waals surface area contributed by atoms with Gasteiger partial charge in [-0.1, -0.05) is 0 Å². The van der Waals surface area contributed by atoms with Crippen LogP contribution in [0.5, 0.6) is 0 Å². The Balaban J connectivity index is 1.89. The van der Waals surface area contributed by atoms with Gasteiger partial charge in [-0.2, -0.15) is 0 Å². The maximum Gasteiger partial charge on any atom is 0.410 e. The van der Waals surface area contributed by atoms with Crippen molar-refractivity contribution in [3.63, 3.8) is 0 Å². The minimum atomic E-state index is -0.696. The van der Waals surface area contributed by atoms with Crippen molar-refractivity contribution < 1.29 is 19.1 Å². The molecule has 1 aromatic heterocycles. The van der Waals surface area contributed by atoms with Crippen molar-refractivity contribution in [3.05, 3.63) is 22.1 Å². The lowest BCUT2D eigenvalue weighted by Gasteiger charge is -2.33. The highest BCUT2D eigenvalue weighted by molar-refractivity contribution is 5.88. The van der Waals surface area contributed by atoms with Crippen LogP contribution in [0.15, 0.2) is 11.0 Å². The molecule has 144 valence electrons. The average Bonchev–Trinajstić information content (AvgIpc) is 2.54. The minimum Gasteiger partial charge on any atom is -0.462 e. The number of hydrogen-bond donors (Lipinski definition) is 2. The molecule has 1 aliphatic heterocycles. The Morgan fingerprint density at radius 3 is 2.54 bits per heavy atom. The first-order chi connectivity index (χ1) is 12.2. The molecule has 0 atom stereocenters. The molecule has 0 aromatic carbocycles. The zero-order chi connectivity index (χ0) is 19.3. The molecule has 0 unspecified atom stereocenters. The Labute approximate surface area is 152 Å². The van der Waals surface area contributed by atoms with Crippen molar-refractivity contribution in [1.29, 1.82) is 0 Å². The van der Waals surface area contributed by atoms with Crippen molar-refractivity contribution >= 4 is 18.0 Å². The normalized spacial score (nSPS) is 15.5. The first-order valence-electron chi connectivity index (χ1n) is 8.70. The molecule has 2 heterocycles. The zero-order valence-corrected chi connectivity index (χ0v) is 15.6. The Kier molecular flexibility index (Phi) is 6.23. The highest BCUT2D eigenvalue weighted by Gasteiger charge is 2.27. The van der Waals surface area contributed by atoms with Crippen LogP contribution in [0.3, 0.4) is 0 Å². The first kappa shape index (κ1) is 19.7. The van der Waals surface area contributed by atoms with Crippen LogP contribution in [-0.2, 0) is 9.47 Å². The number of aromatic nitrogens is 2. The number of nitrogens with zero attached hydrogens (tertiary/aromatic N) is 2. The van der Waals surface area contributed by atoms with Gasteiger partial charge in [-0.15, -0.1) is 0 Å². The van der Waals surface area contributed by atoms with Crippen LogP contribution in [0.25, 0.3) is 0 Å². The molecule has 0 saturated carbocycles. The van der Waals surface area contributed by atoms with Crippen LogP contribution in [0.2, 0.25) is 0 Å². The second-order valence-corrected chi connectivity index (χ2v) is 7.08. The van der Waals surface area contributed by atoms with E-state index in [1.54, 1.807) is 11.8 Å². The number of aromatic amines is 1. The van der Waals surface area contributed by atoms with E-state index in [9.17, 15) is 14.4 Å². The number of rotatable bonds is 4. The summed E-state index contributed by atoms with van der Waals surface area (Å²) < 4.78 is 10.2. The quantitative estimate of drug-likeness (QED) is 0.781. The van der Waals surface area contributed by atoms with Crippen molar-refractivity contribution in [2.24, 2.45) is 0 Å². The summed E-state index contributed by atoms with van der Waals surface area (Å²) in [5.74, 6) is -0.405. The van der Waals surface area contributed by atoms with Crippen molar-refractivity contribution in [3.8, 4) is 0 Å². The van der Waals surface area contributed by atoms with Crippen molar-refractivity contribution in [2.45, 2.75) is 52.2 Å². The van der Waals surface area contributed by atoms with Crippen LogP contribution in [0, 0.1) is 0 Å². The predicted octanol–water partition coefficient (Wildman–Crippen LogP) is 1.76. The molecule has 0 bridgehead atoms. The SMILES string of the molecule is CCOC(=O)c1cnc(NC2CCN(C(=O)OC(C)(C)C)CC2)[nH]c1=O. The molecule has 2 N–H and O–H groups in total. The largest absolute Gasteiger partial charge is 0.462 e. The third kappa shape index (κ3) is 5.47. The highest BCUT2D eigenvalue weighted by Crippen LogP contribution is 2.17. The van der Waals surface area contributed by atoms with E-state index in [0.717, 1.165) is 0 Å². The van der Waals surface area contributed by atoms with Gasteiger partial charge in [0.15, 0.2) is 0 Å². The fraction of sp³-hybridized carbons (Fsp3) is 0.647. The molecule has 1 aromatic rings. The Hall–Kier alpha value is -2.58. The Bertz CT molecular complexity index is 702. The van der Waals surface area contributed by atoms with Crippen LogP contribution < -0.4 is 10.9 Å². The molecule has 1 fully saturated rings. The Morgan fingerprint density at radius 2 is 2.00 bits per heavy atom. The monoisotopic (exact) mass is 366 g/mol. The molecule has 1 amide bonds. The molecule has 9 heteroatoms. The Morgan fingerprint density at radius 1 is 1.35 bits per heavy atom. The predicted molar refractivity (Wildman–Crippen MR) is 95.3 cm³/mol. The van der Waals surface area contributed by atoms with Gasteiger partial charge in [-0.3, -0.25) is 9.78 Å². The minimum absolute atomic E-state index is 0.0604. The van der Waals surface area contributed by atoms with Crippen LogP contribution in [-0.4, -0.2) is 58.3 Å². The van der Waals surface area contributed by atoms with Gasteiger partial charge in [-0.05, 0) is 40.5 Å². The summed E-state index contributed by atoms with van der Waals surface area (Å²) in [6.07, 6.45) is 2.28. The standard InChI is InChI=1S/C17H26N4O5/c1-5-25-14(23)12-10-18-15(20-13(12)22)19-11-6-8-21(9-7-11)16(24)26-17(2,3)4/h10-11H,5-9H2,1-4H3,(H2,18,19,20,22). The number of esters is 1. The summed E-state index contributed by atoms with van der Waals surface area (Å²) in [4.78, 5) is 43.9. The van der Waals surface area contributed by atoms with Gasteiger partial charge in [0.1, 0.15) is 11.2 Å². The van der Waals surface area contributed by atoms with Gasteiger partial charge in [-0.25, -0.2) is 14.6 Å². The van der Waals surface area contributed by atoms with E-state index in [2.05, 4.69) is 15.3 Å². The number of ether oxygens (including phenoxy) is 2. The number of carbonyl (C=O) groups is 2. The molecule has 0 aliphatic carbocycles. The second kappa shape index (κ2) is 8.20. The van der Waals surface area contributed by atoms with Crippen molar-refractivity contribution in [2.75, 3.05) is 25.0 Å². The van der Waals surface area contributed by atoms with E-state index >= 15 is 0 Å². The molecule has 0 spiro atoms. The second-order valence-electron chi connectivity index (χ2n) is 7.08. The number of carbonyl (C=O) groups excluding carboxylic acids is 2. The van der Waals surface area contributed by atoms with Crippen LogP contribution >= 0.6 is 0 Å². The van der Waals surface area contributed by atoms with Gasteiger partial charge in [0.2, 0.25) is 5.95 Å². The number of likely N-dealkylation sites (tertiary alicyclic amines) is 1. The van der Waals surface area contributed by atoms with Crippen LogP contribution in [0.1, 0.15) is 50.9 Å². The number of amides is 1. The average molecular weight is 366 g/mol. The molecule has 1 aliphatic rings. The van der Waals surface area contributed by atoms with E-state index in [1.165, 1.54) is 6.20 Å². The fourth-order valence-corrected chi connectivity index (χ4v) is 2.55. The van der Waals surface area contributed by atoms with E-state index in [4.69, 9.17) is 9.47 Å². The number of hydrogen-bond acceptors (Lipinski definition) is 7. The summed E-state index contributed by atoms with van der Waals surface area (Å²) in [5.41, 5.74) is -1.19. The molecule has 1 saturated heterocycles. The summed E-state index contributed by atoms with van der Waals surface area (Å²) >= 11 is 0. The summed E-state index contributed by atoms with van der Waals surface area (Å²) in [5, 5.41) is 3.13. The highest BCUT2D eigenvalue weighted by atomic mass is 16.6. The lowest BCUT2D eigenvalue weighted by molar-refractivity contribution is 0.0210. The molecule has 9 nitrogen and oxygen atoms in total. The summed E-state index contributed by atoms with van der Waals surface area (Å²) in [6.45, 7) is 8.46. The maximum atomic E-state index is 12.1. The maximum absolute atomic E-state index is 12.1. The van der Waals surface area contributed by atoms with Gasteiger partial charge in [0.25, 0.3) is 5.56 Å². The van der Waals surface area contributed by atoms with Gasteiger partial charge < -0.3 is 19.7 Å². The van der Waals surface area contributed by atoms with E-state index in [0.29, 0.717) is 31.9 Å². The number of piperidine rings is 1. The summed E-state index contributed by atoms with van der Waals surface area (Å²) in [7, 11) is 0. The van der Waals surface area contributed by atoms with E-state index in [1.807, 2.05) is 20.8 Å². The van der Waals surface area contributed by atoms with Gasteiger partial charge >= 0.3 is 12.1 Å². The van der Waals surface area contributed by atoms with Gasteiger partial charge in [0.05, 0.1) is 12.8 Å². The fourth-order valence-electron chi connectivity index (χ4n) is 2.55. The lowest BCUT2D eigenvalue weighted by Crippen LogP contribution is -2.44. The zero-order valence-electron chi connectivity index (χ0n) is 15.6. The number of H-pyrrole nitrogens is 1. The molecule has 26 heavy (non-hydrogen) atoms. The lowest BCUT2D eigenvalue weighted by atomic mass is 10.1. The van der Waals surface area contributed by atoms with Gasteiger partial charge in [0, 0.05) is 19.1 Å². The van der Waals surface area contributed by atoms with Crippen LogP contribution in [0.4, 0.5) is 10.7 Å². The third-order valence-electron chi connectivity index (χ3n) is 3.78. The number of anilines is 1. The molecular formula is C17H26N4O5. The van der Waals surface area contributed by atoms with Crippen molar-refractivity contribution in [1.82, 2.24) is 14.9 Å². The summed E-state index contributed by atoms with van der Waals surface area (Å²) in [6, 6.07) is 0.0604. The van der Waals surface area contributed by atoms with E-state index in [-0.39, 0.29) is 24.3 Å². The topological polar surface area (TPSA) is 114 Å². The molecular weight excluding hydrogens is 340 g/mol. The smallest absolute Gasteiger partial charge is 0.410 e. The molecule has 2 rings (SSSR count). The molecule has 0 radical (unpaired) electrons. The van der Waals surface area contributed by atoms with E-state index < -0.39 is 17.1 Å². The third-order valence-corrected chi connectivity index (χ3v) is 3.78. The first-order valence-corrected chi connectivity index (χ1v) is 8.70.